The van der Waals surface area contributed by atoms with Crippen LogP contribution in [0.2, 0.25) is 0 Å². The van der Waals surface area contributed by atoms with E-state index in [0.717, 1.165) is 38.4 Å². The van der Waals surface area contributed by atoms with Gasteiger partial charge in [0.15, 0.2) is 0 Å². The minimum Gasteiger partial charge on any atom is -0.465 e. The second kappa shape index (κ2) is 8.99. The zero-order valence-corrected chi connectivity index (χ0v) is 14.6. The molecule has 0 saturated carbocycles. The van der Waals surface area contributed by atoms with Crippen molar-refractivity contribution in [2.24, 2.45) is 0 Å². The number of hydrogen-bond acceptors (Lipinski definition) is 4. The Morgan fingerprint density at radius 3 is 2.92 bits per heavy atom. The van der Waals surface area contributed by atoms with E-state index in [1.54, 1.807) is 6.26 Å². The van der Waals surface area contributed by atoms with E-state index in [2.05, 4.69) is 38.5 Å². The van der Waals surface area contributed by atoms with Crippen molar-refractivity contribution in [3.05, 3.63) is 78.5 Å². The van der Waals surface area contributed by atoms with Gasteiger partial charge in [-0.1, -0.05) is 11.6 Å². The number of hydrogen-bond donors (Lipinski definition) is 0. The first-order valence-electron chi connectivity index (χ1n) is 8.57. The van der Waals surface area contributed by atoms with Crippen molar-refractivity contribution in [3.8, 4) is 0 Å². The highest BCUT2D eigenvalue weighted by Gasteiger charge is 2.08. The fraction of sp³-hybridized carbons (Fsp3) is 0.300. The SMILES string of the molecule is C/C(=C\c1ccco1)CN(CCCn1ccnc1)Cc1cccnc1. The Morgan fingerprint density at radius 2 is 2.20 bits per heavy atom. The molecule has 0 spiro atoms. The molecule has 25 heavy (non-hydrogen) atoms. The largest absolute Gasteiger partial charge is 0.465 e. The van der Waals surface area contributed by atoms with Gasteiger partial charge in [-0.15, -0.1) is 0 Å². The first-order chi connectivity index (χ1) is 12.3. The van der Waals surface area contributed by atoms with Crippen LogP contribution in [0.1, 0.15) is 24.7 Å². The van der Waals surface area contributed by atoms with Crippen LogP contribution in [-0.4, -0.2) is 32.5 Å². The topological polar surface area (TPSA) is 47.1 Å². The fourth-order valence-corrected chi connectivity index (χ4v) is 2.87. The molecule has 0 aliphatic rings. The number of furan rings is 1. The highest BCUT2D eigenvalue weighted by molar-refractivity contribution is 5.46. The van der Waals surface area contributed by atoms with E-state index < -0.39 is 0 Å². The molecule has 0 N–H and O–H groups in total. The van der Waals surface area contributed by atoms with E-state index >= 15 is 0 Å². The van der Waals surface area contributed by atoms with Crippen LogP contribution in [0.15, 0.2) is 71.6 Å². The zero-order chi connectivity index (χ0) is 17.3. The van der Waals surface area contributed by atoms with Crippen LogP contribution in [-0.2, 0) is 13.1 Å². The lowest BCUT2D eigenvalue weighted by molar-refractivity contribution is 0.278. The summed E-state index contributed by atoms with van der Waals surface area (Å²) in [5, 5.41) is 0. The lowest BCUT2D eigenvalue weighted by atomic mass is 10.2. The summed E-state index contributed by atoms with van der Waals surface area (Å²) in [6.45, 7) is 5.93. The normalized spacial score (nSPS) is 12.0. The van der Waals surface area contributed by atoms with Gasteiger partial charge >= 0.3 is 0 Å². The van der Waals surface area contributed by atoms with Crippen LogP contribution in [0.25, 0.3) is 6.08 Å². The third-order valence-corrected chi connectivity index (χ3v) is 3.98. The molecular formula is C20H24N4O. The molecule has 0 aliphatic heterocycles. The number of rotatable bonds is 9. The molecule has 3 heterocycles. The Hall–Kier alpha value is -2.66. The van der Waals surface area contributed by atoms with E-state index in [1.807, 2.05) is 49.3 Å². The van der Waals surface area contributed by atoms with Crippen molar-refractivity contribution in [1.29, 1.82) is 0 Å². The number of imidazole rings is 1. The predicted octanol–water partition coefficient (Wildman–Crippen LogP) is 3.87. The van der Waals surface area contributed by atoms with Gasteiger partial charge in [-0.25, -0.2) is 4.98 Å². The Bertz CT molecular complexity index is 748. The molecule has 5 nitrogen and oxygen atoms in total. The Labute approximate surface area is 148 Å². The fourth-order valence-electron chi connectivity index (χ4n) is 2.87. The molecule has 3 aromatic rings. The van der Waals surface area contributed by atoms with Crippen LogP contribution >= 0.6 is 0 Å². The molecule has 0 aromatic carbocycles. The van der Waals surface area contributed by atoms with Crippen LogP contribution in [0.3, 0.4) is 0 Å². The summed E-state index contributed by atoms with van der Waals surface area (Å²) in [6.07, 6.45) is 14.3. The third kappa shape index (κ3) is 5.72. The molecule has 0 fully saturated rings. The van der Waals surface area contributed by atoms with Crippen molar-refractivity contribution in [2.45, 2.75) is 26.4 Å². The smallest absolute Gasteiger partial charge is 0.126 e. The van der Waals surface area contributed by atoms with Crippen molar-refractivity contribution in [3.63, 3.8) is 0 Å². The van der Waals surface area contributed by atoms with Crippen molar-refractivity contribution in [1.82, 2.24) is 19.4 Å². The molecule has 0 radical (unpaired) electrons. The van der Waals surface area contributed by atoms with E-state index in [9.17, 15) is 0 Å². The second-order valence-corrected chi connectivity index (χ2v) is 6.23. The molecule has 3 rings (SSSR count). The lowest BCUT2D eigenvalue weighted by Gasteiger charge is -2.23. The van der Waals surface area contributed by atoms with Gasteiger partial charge in [-0.3, -0.25) is 9.88 Å². The maximum absolute atomic E-state index is 5.42. The highest BCUT2D eigenvalue weighted by atomic mass is 16.3. The molecule has 0 saturated heterocycles. The summed E-state index contributed by atoms with van der Waals surface area (Å²) in [5.74, 6) is 0.900. The zero-order valence-electron chi connectivity index (χ0n) is 14.6. The van der Waals surface area contributed by atoms with Gasteiger partial charge in [-0.2, -0.15) is 0 Å². The molecule has 0 atom stereocenters. The van der Waals surface area contributed by atoms with E-state index in [4.69, 9.17) is 4.42 Å². The monoisotopic (exact) mass is 336 g/mol. The Balaban J connectivity index is 1.60. The van der Waals surface area contributed by atoms with Gasteiger partial charge in [0.25, 0.3) is 0 Å². The van der Waals surface area contributed by atoms with Crippen LogP contribution in [0, 0.1) is 0 Å². The lowest BCUT2D eigenvalue weighted by Crippen LogP contribution is -2.27. The number of aromatic nitrogens is 3. The Kier molecular flexibility index (Phi) is 6.17. The van der Waals surface area contributed by atoms with E-state index in [0.29, 0.717) is 0 Å². The maximum Gasteiger partial charge on any atom is 0.126 e. The number of aryl methyl sites for hydroxylation is 1. The summed E-state index contributed by atoms with van der Waals surface area (Å²) >= 11 is 0. The molecule has 0 amide bonds. The molecule has 5 heteroatoms. The minimum atomic E-state index is 0.890. The number of pyridine rings is 1. The summed E-state index contributed by atoms with van der Waals surface area (Å²) in [4.78, 5) is 10.8. The van der Waals surface area contributed by atoms with Gasteiger partial charge in [0.2, 0.25) is 0 Å². The van der Waals surface area contributed by atoms with Crippen molar-refractivity contribution >= 4 is 6.08 Å². The van der Waals surface area contributed by atoms with Gasteiger partial charge in [-0.05, 0) is 43.2 Å². The number of nitrogens with zero attached hydrogens (tertiary/aromatic N) is 4. The quantitative estimate of drug-likeness (QED) is 0.595. The molecule has 0 unspecified atom stereocenters. The van der Waals surface area contributed by atoms with Gasteiger partial charge in [0, 0.05) is 51.0 Å². The van der Waals surface area contributed by atoms with Gasteiger partial charge in [0.1, 0.15) is 5.76 Å². The van der Waals surface area contributed by atoms with Crippen LogP contribution < -0.4 is 0 Å². The molecule has 0 aliphatic carbocycles. The maximum atomic E-state index is 5.42. The van der Waals surface area contributed by atoms with Gasteiger partial charge in [0.05, 0.1) is 12.6 Å². The molecular weight excluding hydrogens is 312 g/mol. The standard InChI is InChI=1S/C20H24N4O/c1-18(13-20-6-3-12-25-20)15-24(16-19-5-2-7-21-14-19)10-4-9-23-11-8-22-17-23/h2-3,5-8,11-14,17H,4,9-10,15-16H2,1H3/b18-13+. The highest BCUT2D eigenvalue weighted by Crippen LogP contribution is 2.11. The van der Waals surface area contributed by atoms with Crippen LogP contribution in [0.4, 0.5) is 0 Å². The van der Waals surface area contributed by atoms with Gasteiger partial charge < -0.3 is 8.98 Å². The third-order valence-electron chi connectivity index (χ3n) is 3.98. The first-order valence-corrected chi connectivity index (χ1v) is 8.57. The first kappa shape index (κ1) is 17.2. The van der Waals surface area contributed by atoms with Crippen molar-refractivity contribution < 1.29 is 4.42 Å². The summed E-state index contributed by atoms with van der Waals surface area (Å²) < 4.78 is 7.54. The summed E-state index contributed by atoms with van der Waals surface area (Å²) in [6, 6.07) is 8.01. The van der Waals surface area contributed by atoms with E-state index in [1.165, 1.54) is 11.1 Å². The summed E-state index contributed by atoms with van der Waals surface area (Å²) in [5.41, 5.74) is 2.51. The Morgan fingerprint density at radius 1 is 1.24 bits per heavy atom. The molecule has 130 valence electrons. The van der Waals surface area contributed by atoms with Crippen LogP contribution in [0.5, 0.6) is 0 Å². The minimum absolute atomic E-state index is 0.890. The summed E-state index contributed by atoms with van der Waals surface area (Å²) in [7, 11) is 0. The molecule has 0 bridgehead atoms. The second-order valence-electron chi connectivity index (χ2n) is 6.23. The average Bonchev–Trinajstić information content (AvgIpc) is 3.29. The van der Waals surface area contributed by atoms with Crippen molar-refractivity contribution in [2.75, 3.05) is 13.1 Å². The molecule has 3 aromatic heterocycles. The predicted molar refractivity (Wildman–Crippen MR) is 98.7 cm³/mol. The average molecular weight is 336 g/mol. The van der Waals surface area contributed by atoms with E-state index in [-0.39, 0.29) is 0 Å².